The molecule has 2 atom stereocenters. The SMILES string of the molecule is C=C(/C=C\C(=C/C)C(C)(F)P)CCC.C=CC.CC.CC.CC(=N)C(C)C. The summed E-state index contributed by atoms with van der Waals surface area (Å²) in [6, 6.07) is 0. The lowest BCUT2D eigenvalue weighted by Gasteiger charge is -2.15. The van der Waals surface area contributed by atoms with Crippen LogP contribution in [-0.4, -0.2) is 11.1 Å². The summed E-state index contributed by atoms with van der Waals surface area (Å²) >= 11 is 0. The predicted molar refractivity (Wildman–Crippen MR) is 133 cm³/mol. The summed E-state index contributed by atoms with van der Waals surface area (Å²) in [5.41, 5.74) is 2.47. The molecule has 0 saturated carbocycles. The Hall–Kier alpha value is -1.01. The number of rotatable bonds is 6. The van der Waals surface area contributed by atoms with E-state index < -0.39 is 5.41 Å². The fraction of sp³-hybridized carbons (Fsp3) is 0.625. The number of hydrogen-bond donors (Lipinski definition) is 1. The lowest BCUT2D eigenvalue weighted by atomic mass is 10.1. The summed E-state index contributed by atoms with van der Waals surface area (Å²) in [5, 5.41) is 5.60. The van der Waals surface area contributed by atoms with Crippen LogP contribution in [0.3, 0.4) is 0 Å². The van der Waals surface area contributed by atoms with E-state index in [-0.39, 0.29) is 0 Å². The van der Waals surface area contributed by atoms with Crippen LogP contribution in [0, 0.1) is 11.3 Å². The van der Waals surface area contributed by atoms with Crippen LogP contribution in [0.4, 0.5) is 4.39 Å². The zero-order chi connectivity index (χ0) is 23.1. The number of halogens is 1. The Morgan fingerprint density at radius 2 is 1.48 bits per heavy atom. The molecule has 162 valence electrons. The van der Waals surface area contributed by atoms with Crippen molar-refractivity contribution in [1.82, 2.24) is 0 Å². The van der Waals surface area contributed by atoms with Crippen LogP contribution >= 0.6 is 9.24 Å². The first-order chi connectivity index (χ1) is 12.5. The van der Waals surface area contributed by atoms with Crippen molar-refractivity contribution in [2.24, 2.45) is 5.92 Å². The molecule has 0 fully saturated rings. The Labute approximate surface area is 174 Å². The van der Waals surface area contributed by atoms with Crippen LogP contribution in [0.15, 0.2) is 48.6 Å². The number of alkyl halides is 1. The number of hydrogen-bond acceptors (Lipinski definition) is 1. The third kappa shape index (κ3) is 36.6. The maximum absolute atomic E-state index is 13.5. The fourth-order valence-corrected chi connectivity index (χ4v) is 1.42. The molecule has 27 heavy (non-hydrogen) atoms. The van der Waals surface area contributed by atoms with Gasteiger partial charge in [0.05, 0.1) is 0 Å². The number of nitrogens with one attached hydrogen (secondary N) is 1. The summed E-state index contributed by atoms with van der Waals surface area (Å²) in [7, 11) is 2.19. The Kier molecular flexibility index (Phi) is 37.1. The summed E-state index contributed by atoms with van der Waals surface area (Å²) in [5.74, 6) is 0.435. The van der Waals surface area contributed by atoms with E-state index >= 15 is 0 Å². The summed E-state index contributed by atoms with van der Waals surface area (Å²) in [6.07, 6.45) is 9.25. The lowest BCUT2D eigenvalue weighted by molar-refractivity contribution is 0.372. The van der Waals surface area contributed by atoms with Crippen molar-refractivity contribution >= 4 is 15.0 Å². The maximum atomic E-state index is 13.5. The minimum Gasteiger partial charge on any atom is -0.310 e. The van der Waals surface area contributed by atoms with Gasteiger partial charge in [0.1, 0.15) is 5.41 Å². The normalized spacial score (nSPS) is 11.9. The fourth-order valence-electron chi connectivity index (χ4n) is 1.15. The minimum absolute atomic E-state index is 0.435. The van der Waals surface area contributed by atoms with E-state index in [1.807, 2.05) is 68.4 Å². The van der Waals surface area contributed by atoms with Gasteiger partial charge in [-0.15, -0.1) is 6.58 Å². The maximum Gasteiger partial charge on any atom is 0.145 e. The van der Waals surface area contributed by atoms with Gasteiger partial charge in [-0.2, -0.15) is 0 Å². The molecule has 0 aliphatic rings. The van der Waals surface area contributed by atoms with Gasteiger partial charge in [0.15, 0.2) is 0 Å². The molecule has 0 amide bonds. The highest BCUT2D eigenvalue weighted by molar-refractivity contribution is 7.19. The third-order valence-corrected chi connectivity index (χ3v) is 3.14. The van der Waals surface area contributed by atoms with Gasteiger partial charge < -0.3 is 5.41 Å². The molecule has 0 radical (unpaired) electrons. The molecule has 0 aliphatic carbocycles. The van der Waals surface area contributed by atoms with Gasteiger partial charge in [-0.05, 0) is 45.6 Å². The van der Waals surface area contributed by atoms with Crippen LogP contribution in [-0.2, 0) is 0 Å². The Morgan fingerprint density at radius 3 is 1.67 bits per heavy atom. The molecule has 2 unspecified atom stereocenters. The molecule has 0 aromatic carbocycles. The van der Waals surface area contributed by atoms with Crippen LogP contribution in [0.25, 0.3) is 0 Å². The van der Waals surface area contributed by atoms with Gasteiger partial charge in [0.2, 0.25) is 0 Å². The second kappa shape index (κ2) is 27.2. The van der Waals surface area contributed by atoms with Gasteiger partial charge in [-0.25, -0.2) is 4.39 Å². The van der Waals surface area contributed by atoms with E-state index in [1.54, 1.807) is 18.2 Å². The molecule has 1 nitrogen and oxygen atoms in total. The van der Waals surface area contributed by atoms with Gasteiger partial charge in [-0.1, -0.05) is 101 Å². The highest BCUT2D eigenvalue weighted by Crippen LogP contribution is 2.29. The first kappa shape index (κ1) is 36.8. The second-order valence-corrected chi connectivity index (χ2v) is 6.89. The van der Waals surface area contributed by atoms with Crippen LogP contribution in [0.2, 0.25) is 0 Å². The Balaban J connectivity index is -0.000000103. The van der Waals surface area contributed by atoms with Gasteiger partial charge in [0.25, 0.3) is 0 Å². The molecule has 0 heterocycles. The molecule has 0 rings (SSSR count). The van der Waals surface area contributed by atoms with Crippen molar-refractivity contribution in [1.29, 1.82) is 5.41 Å². The average molecular weight is 402 g/mol. The third-order valence-electron chi connectivity index (χ3n) is 2.81. The van der Waals surface area contributed by atoms with Gasteiger partial charge in [0, 0.05) is 5.71 Å². The van der Waals surface area contributed by atoms with E-state index in [1.165, 1.54) is 6.92 Å². The topological polar surface area (TPSA) is 23.9 Å². The largest absolute Gasteiger partial charge is 0.310 e. The van der Waals surface area contributed by atoms with Crippen molar-refractivity contribution in [2.75, 3.05) is 0 Å². The first-order valence-electron chi connectivity index (χ1n) is 10.1. The van der Waals surface area contributed by atoms with E-state index in [0.29, 0.717) is 11.5 Å². The predicted octanol–water partition coefficient (Wildman–Crippen LogP) is 9.33. The van der Waals surface area contributed by atoms with E-state index in [0.717, 1.165) is 24.1 Å². The molecule has 1 N–H and O–H groups in total. The second-order valence-electron chi connectivity index (χ2n) is 5.81. The van der Waals surface area contributed by atoms with E-state index in [9.17, 15) is 4.39 Å². The first-order valence-corrected chi connectivity index (χ1v) is 10.7. The molecule has 0 spiro atoms. The van der Waals surface area contributed by atoms with Crippen LogP contribution in [0.1, 0.15) is 89.0 Å². The Bertz CT molecular complexity index is 399. The molecule has 0 bridgehead atoms. The standard InChI is InChI=1S/C12H20FP.C5H11N.C3H6.2C2H6/c1-5-7-10(3)8-9-11(6-2)12(4,13)14;1-4(2)5(3)6;1-3-2;2*1-2/h6,8-9H,3,5,7,14H2,1-2,4H3;4,6H,1-3H3;3H,1H2,2H3;2*1-2H3/b9-8-,11-6+;;;;. The van der Waals surface area contributed by atoms with Crippen molar-refractivity contribution in [3.05, 3.63) is 48.6 Å². The van der Waals surface area contributed by atoms with Gasteiger partial charge >= 0.3 is 0 Å². The molecular weight excluding hydrogens is 352 g/mol. The van der Waals surface area contributed by atoms with Crippen molar-refractivity contribution in [3.63, 3.8) is 0 Å². The Morgan fingerprint density at radius 1 is 1.15 bits per heavy atom. The summed E-state index contributed by atoms with van der Waals surface area (Å²) in [4.78, 5) is 0. The lowest BCUT2D eigenvalue weighted by Crippen LogP contribution is -2.08. The molecule has 0 saturated heterocycles. The zero-order valence-electron chi connectivity index (χ0n) is 20.2. The summed E-state index contributed by atoms with van der Waals surface area (Å²) < 4.78 is 13.5. The average Bonchev–Trinajstić information content (AvgIpc) is 2.59. The van der Waals surface area contributed by atoms with Gasteiger partial charge in [-0.3, -0.25) is 0 Å². The molecule has 0 aromatic heterocycles. The smallest absolute Gasteiger partial charge is 0.145 e. The minimum atomic E-state index is -1.35. The molecule has 0 aromatic rings. The monoisotopic (exact) mass is 401 g/mol. The van der Waals surface area contributed by atoms with Crippen LogP contribution < -0.4 is 0 Å². The molecular formula is C24H49FNP. The van der Waals surface area contributed by atoms with Crippen LogP contribution in [0.5, 0.6) is 0 Å². The van der Waals surface area contributed by atoms with E-state index in [2.05, 4.69) is 29.3 Å². The van der Waals surface area contributed by atoms with Crippen molar-refractivity contribution in [3.8, 4) is 0 Å². The number of allylic oxidation sites excluding steroid dienone is 6. The van der Waals surface area contributed by atoms with E-state index in [4.69, 9.17) is 5.41 Å². The zero-order valence-corrected chi connectivity index (χ0v) is 21.3. The van der Waals surface area contributed by atoms with Crippen molar-refractivity contribution in [2.45, 2.75) is 94.4 Å². The quantitative estimate of drug-likeness (QED) is 0.198. The highest BCUT2D eigenvalue weighted by atomic mass is 31.0. The summed E-state index contributed by atoms with van der Waals surface area (Å²) in [6.45, 7) is 28.5. The van der Waals surface area contributed by atoms with Crippen molar-refractivity contribution < 1.29 is 4.39 Å². The molecule has 0 aliphatic heterocycles. The highest BCUT2D eigenvalue weighted by Gasteiger charge is 2.18. The molecule has 3 heteroatoms.